The molecule has 0 aliphatic carbocycles. The van der Waals surface area contributed by atoms with Crippen LogP contribution >= 0.6 is 0 Å². The van der Waals surface area contributed by atoms with Crippen LogP contribution in [-0.2, 0) is 20.8 Å². The number of aromatic amines is 1. The fourth-order valence-corrected chi connectivity index (χ4v) is 3.09. The van der Waals surface area contributed by atoms with Crippen LogP contribution < -0.4 is 20.9 Å². The van der Waals surface area contributed by atoms with Gasteiger partial charge < -0.3 is 15.0 Å². The lowest BCUT2D eigenvalue weighted by Gasteiger charge is -2.18. The highest BCUT2D eigenvalue weighted by molar-refractivity contribution is 5.90. The van der Waals surface area contributed by atoms with Gasteiger partial charge in [0.25, 0.3) is 11.8 Å². The van der Waals surface area contributed by atoms with Gasteiger partial charge in [0.1, 0.15) is 11.8 Å². The molecular weight excluding hydrogens is 384 g/mol. The van der Waals surface area contributed by atoms with E-state index in [1.807, 2.05) is 49.4 Å². The summed E-state index contributed by atoms with van der Waals surface area (Å²) in [6.07, 6.45) is 2.08. The molecule has 0 bridgehead atoms. The zero-order chi connectivity index (χ0) is 21.5. The number of hydrogen-bond donors (Lipinski definition) is 4. The predicted molar refractivity (Wildman–Crippen MR) is 113 cm³/mol. The lowest BCUT2D eigenvalue weighted by molar-refractivity contribution is -0.132. The summed E-state index contributed by atoms with van der Waals surface area (Å²) < 4.78 is 5.45. The van der Waals surface area contributed by atoms with Crippen LogP contribution in [-0.4, -0.2) is 35.4 Å². The standard InChI is InChI=1S/C22H24N4O4/c1-14-7-3-6-10-20(14)30-13-21(28)25-26-22(29)19(24-15(2)27)11-16-12-23-18-9-5-4-8-17(16)18/h3-10,12,19,23H,11,13H2,1-2H3,(H,24,27)(H,25,28)(H,26,29)/t19-/m0/s1. The predicted octanol–water partition coefficient (Wildman–Crippen LogP) is 1.75. The Morgan fingerprint density at radius 2 is 1.77 bits per heavy atom. The number of para-hydroxylation sites is 2. The van der Waals surface area contributed by atoms with Crippen molar-refractivity contribution in [2.24, 2.45) is 0 Å². The smallest absolute Gasteiger partial charge is 0.276 e. The number of fused-ring (bicyclic) bond motifs is 1. The van der Waals surface area contributed by atoms with Crippen molar-refractivity contribution in [3.63, 3.8) is 0 Å². The number of aromatic nitrogens is 1. The van der Waals surface area contributed by atoms with Crippen LogP contribution in [0.5, 0.6) is 5.75 Å². The van der Waals surface area contributed by atoms with Crippen LogP contribution in [0.4, 0.5) is 0 Å². The Kier molecular flexibility index (Phi) is 6.69. The molecule has 0 fully saturated rings. The van der Waals surface area contributed by atoms with Crippen molar-refractivity contribution in [1.29, 1.82) is 0 Å². The number of benzene rings is 2. The Balaban J connectivity index is 1.57. The Bertz CT molecular complexity index is 1060. The van der Waals surface area contributed by atoms with E-state index in [4.69, 9.17) is 4.74 Å². The number of carbonyl (C=O) groups excluding carboxylic acids is 3. The van der Waals surface area contributed by atoms with Gasteiger partial charge in [-0.25, -0.2) is 0 Å². The van der Waals surface area contributed by atoms with Gasteiger partial charge in [0.05, 0.1) is 0 Å². The maximum Gasteiger partial charge on any atom is 0.276 e. The van der Waals surface area contributed by atoms with E-state index in [0.29, 0.717) is 5.75 Å². The maximum atomic E-state index is 12.6. The van der Waals surface area contributed by atoms with Crippen molar-refractivity contribution < 1.29 is 19.1 Å². The summed E-state index contributed by atoms with van der Waals surface area (Å²) in [4.78, 5) is 39.3. The Morgan fingerprint density at radius 3 is 2.53 bits per heavy atom. The molecule has 1 aromatic heterocycles. The van der Waals surface area contributed by atoms with Crippen molar-refractivity contribution >= 4 is 28.6 Å². The molecule has 1 atom stereocenters. The van der Waals surface area contributed by atoms with Crippen LogP contribution in [0.2, 0.25) is 0 Å². The zero-order valence-electron chi connectivity index (χ0n) is 16.8. The molecule has 3 amide bonds. The number of carbonyl (C=O) groups is 3. The molecule has 0 saturated carbocycles. The highest BCUT2D eigenvalue weighted by Gasteiger charge is 2.22. The fraction of sp³-hybridized carbons (Fsp3) is 0.227. The molecule has 156 valence electrons. The van der Waals surface area contributed by atoms with Gasteiger partial charge >= 0.3 is 0 Å². The SMILES string of the molecule is CC(=O)N[C@@H](Cc1c[nH]c2ccccc12)C(=O)NNC(=O)COc1ccccc1C. The van der Waals surface area contributed by atoms with Crippen molar-refractivity contribution in [3.05, 3.63) is 65.9 Å². The minimum absolute atomic E-state index is 0.252. The number of hydrazine groups is 1. The Labute approximate surface area is 174 Å². The van der Waals surface area contributed by atoms with Crippen LogP contribution in [0.3, 0.4) is 0 Å². The van der Waals surface area contributed by atoms with E-state index < -0.39 is 17.9 Å². The van der Waals surface area contributed by atoms with Crippen molar-refractivity contribution in [3.8, 4) is 5.75 Å². The quantitative estimate of drug-likeness (QED) is 0.446. The first-order valence-electron chi connectivity index (χ1n) is 9.53. The van der Waals surface area contributed by atoms with Gasteiger partial charge in [-0.05, 0) is 30.2 Å². The number of hydrogen-bond acceptors (Lipinski definition) is 4. The topological polar surface area (TPSA) is 112 Å². The fourth-order valence-electron chi connectivity index (χ4n) is 3.09. The second kappa shape index (κ2) is 9.60. The second-order valence-corrected chi connectivity index (χ2v) is 6.91. The average molecular weight is 408 g/mol. The number of ether oxygens (including phenoxy) is 1. The van der Waals surface area contributed by atoms with Crippen molar-refractivity contribution in [1.82, 2.24) is 21.2 Å². The van der Waals surface area contributed by atoms with Crippen molar-refractivity contribution in [2.45, 2.75) is 26.3 Å². The molecule has 0 unspecified atom stereocenters. The molecule has 3 rings (SSSR count). The molecule has 0 radical (unpaired) electrons. The van der Waals surface area contributed by atoms with Gasteiger partial charge in [-0.1, -0.05) is 36.4 Å². The first kappa shape index (κ1) is 20.9. The van der Waals surface area contributed by atoms with Crippen LogP contribution in [0.15, 0.2) is 54.7 Å². The molecule has 4 N–H and O–H groups in total. The van der Waals surface area contributed by atoms with E-state index in [-0.39, 0.29) is 18.9 Å². The van der Waals surface area contributed by atoms with Gasteiger partial charge in [0, 0.05) is 30.4 Å². The van der Waals surface area contributed by atoms with Crippen LogP contribution in [0, 0.1) is 6.92 Å². The summed E-state index contributed by atoms with van der Waals surface area (Å²) >= 11 is 0. The summed E-state index contributed by atoms with van der Waals surface area (Å²) in [5.41, 5.74) is 7.40. The first-order valence-corrected chi connectivity index (χ1v) is 9.53. The molecular formula is C22H24N4O4. The van der Waals surface area contributed by atoms with Crippen LogP contribution in [0.1, 0.15) is 18.1 Å². The van der Waals surface area contributed by atoms with E-state index in [2.05, 4.69) is 21.2 Å². The van der Waals surface area contributed by atoms with E-state index in [9.17, 15) is 14.4 Å². The molecule has 8 nitrogen and oxygen atoms in total. The average Bonchev–Trinajstić information content (AvgIpc) is 3.13. The minimum Gasteiger partial charge on any atom is -0.483 e. The number of rotatable bonds is 7. The van der Waals surface area contributed by atoms with Gasteiger partial charge in [-0.15, -0.1) is 0 Å². The Hall–Kier alpha value is -3.81. The molecule has 0 spiro atoms. The summed E-state index contributed by atoms with van der Waals surface area (Å²) in [7, 11) is 0. The molecule has 30 heavy (non-hydrogen) atoms. The summed E-state index contributed by atoms with van der Waals surface area (Å²) in [6, 6.07) is 14.2. The lowest BCUT2D eigenvalue weighted by Crippen LogP contribution is -2.53. The second-order valence-electron chi connectivity index (χ2n) is 6.91. The van der Waals surface area contributed by atoms with E-state index >= 15 is 0 Å². The van der Waals surface area contributed by atoms with Gasteiger partial charge in [-0.3, -0.25) is 25.2 Å². The lowest BCUT2D eigenvalue weighted by atomic mass is 10.0. The molecule has 2 aromatic carbocycles. The molecule has 0 aliphatic heterocycles. The zero-order valence-corrected chi connectivity index (χ0v) is 16.8. The molecule has 3 aromatic rings. The van der Waals surface area contributed by atoms with Crippen molar-refractivity contribution in [2.75, 3.05) is 6.61 Å². The van der Waals surface area contributed by atoms with Gasteiger partial charge in [0.2, 0.25) is 5.91 Å². The third-order valence-corrected chi connectivity index (χ3v) is 4.57. The highest BCUT2D eigenvalue weighted by Crippen LogP contribution is 2.19. The summed E-state index contributed by atoms with van der Waals surface area (Å²) in [6.45, 7) is 2.96. The van der Waals surface area contributed by atoms with E-state index in [1.54, 1.807) is 12.3 Å². The third-order valence-electron chi connectivity index (χ3n) is 4.57. The minimum atomic E-state index is -0.848. The largest absolute Gasteiger partial charge is 0.483 e. The molecule has 8 heteroatoms. The first-order chi connectivity index (χ1) is 14.4. The highest BCUT2D eigenvalue weighted by atomic mass is 16.5. The summed E-state index contributed by atoms with van der Waals surface area (Å²) in [5.74, 6) is -0.793. The van der Waals surface area contributed by atoms with E-state index in [1.165, 1.54) is 6.92 Å². The maximum absolute atomic E-state index is 12.6. The monoisotopic (exact) mass is 408 g/mol. The number of aryl methyl sites for hydroxylation is 1. The van der Waals surface area contributed by atoms with E-state index in [0.717, 1.165) is 22.0 Å². The molecule has 1 heterocycles. The molecule has 0 saturated heterocycles. The Morgan fingerprint density at radius 1 is 1.03 bits per heavy atom. The van der Waals surface area contributed by atoms with Gasteiger partial charge in [-0.2, -0.15) is 0 Å². The normalized spacial score (nSPS) is 11.5. The number of nitrogens with one attached hydrogen (secondary N) is 4. The van der Waals surface area contributed by atoms with Gasteiger partial charge in [0.15, 0.2) is 6.61 Å². The third kappa shape index (κ3) is 5.38. The summed E-state index contributed by atoms with van der Waals surface area (Å²) in [5, 5.41) is 3.59. The van der Waals surface area contributed by atoms with Crippen LogP contribution in [0.25, 0.3) is 10.9 Å². The molecule has 0 aliphatic rings. The number of H-pyrrole nitrogens is 1. The number of amides is 3.